The molecule has 1 aliphatic heterocycles. The maximum absolute atomic E-state index is 5.64. The number of fused-ring (bicyclic) bond motifs is 2. The van der Waals surface area contributed by atoms with Crippen LogP contribution in [-0.4, -0.2) is 33.0 Å². The number of ether oxygens (including phenoxy) is 2. The smallest absolute Gasteiger partial charge is 0.177 e. The number of aromatic amines is 1. The number of rotatable bonds is 3. The molecule has 0 fully saturated rings. The summed E-state index contributed by atoms with van der Waals surface area (Å²) in [5.41, 5.74) is 3.87. The largest absolute Gasteiger partial charge is 0.486 e. The molecule has 3 aromatic rings. The molecule has 22 heavy (non-hydrogen) atoms. The lowest BCUT2D eigenvalue weighted by Gasteiger charge is -2.18. The van der Waals surface area contributed by atoms with Crippen molar-refractivity contribution in [3.05, 3.63) is 23.9 Å². The molecule has 1 aromatic carbocycles. The van der Waals surface area contributed by atoms with E-state index in [1.54, 1.807) is 0 Å². The van der Waals surface area contributed by atoms with Crippen LogP contribution in [0.3, 0.4) is 0 Å². The molecule has 114 valence electrons. The molecule has 0 atom stereocenters. The van der Waals surface area contributed by atoms with Gasteiger partial charge in [-0.25, -0.2) is 9.67 Å². The van der Waals surface area contributed by atoms with E-state index in [0.29, 0.717) is 13.2 Å². The van der Waals surface area contributed by atoms with Crippen LogP contribution in [0, 0.1) is 6.92 Å². The molecule has 1 aliphatic rings. The summed E-state index contributed by atoms with van der Waals surface area (Å²) in [5, 5.41) is 4.52. The molecule has 6 nitrogen and oxygen atoms in total. The van der Waals surface area contributed by atoms with Crippen LogP contribution in [0.25, 0.3) is 22.6 Å². The molecule has 0 radical (unpaired) electrons. The van der Waals surface area contributed by atoms with Crippen LogP contribution in [0.4, 0.5) is 0 Å². The van der Waals surface area contributed by atoms with E-state index >= 15 is 0 Å². The molecule has 0 unspecified atom stereocenters. The zero-order valence-electron chi connectivity index (χ0n) is 12.7. The predicted molar refractivity (Wildman–Crippen MR) is 83.3 cm³/mol. The van der Waals surface area contributed by atoms with Crippen LogP contribution in [0.15, 0.2) is 18.2 Å². The Labute approximate surface area is 128 Å². The van der Waals surface area contributed by atoms with Gasteiger partial charge in [-0.05, 0) is 31.5 Å². The first-order chi connectivity index (χ1) is 10.8. The lowest BCUT2D eigenvalue weighted by molar-refractivity contribution is 0.171. The van der Waals surface area contributed by atoms with E-state index in [0.717, 1.165) is 52.7 Å². The van der Waals surface area contributed by atoms with Gasteiger partial charge in [-0.3, -0.25) is 0 Å². The zero-order valence-corrected chi connectivity index (χ0v) is 12.7. The molecule has 0 saturated carbocycles. The second kappa shape index (κ2) is 5.05. The summed E-state index contributed by atoms with van der Waals surface area (Å²) in [5.74, 6) is 2.40. The van der Waals surface area contributed by atoms with E-state index in [-0.39, 0.29) is 0 Å². The van der Waals surface area contributed by atoms with Gasteiger partial charge in [0, 0.05) is 12.1 Å². The highest BCUT2D eigenvalue weighted by Gasteiger charge is 2.16. The minimum Gasteiger partial charge on any atom is -0.486 e. The number of nitrogens with one attached hydrogen (secondary N) is 1. The first kappa shape index (κ1) is 13.2. The van der Waals surface area contributed by atoms with Crippen molar-refractivity contribution in [3.8, 4) is 22.9 Å². The number of aromatic nitrogens is 4. The average molecular weight is 298 g/mol. The van der Waals surface area contributed by atoms with Gasteiger partial charge in [0.15, 0.2) is 17.1 Å². The van der Waals surface area contributed by atoms with E-state index < -0.39 is 0 Å². The second-order valence-corrected chi connectivity index (χ2v) is 5.45. The van der Waals surface area contributed by atoms with Crippen LogP contribution in [-0.2, 0) is 6.54 Å². The van der Waals surface area contributed by atoms with E-state index in [1.165, 1.54) is 0 Å². The first-order valence-corrected chi connectivity index (χ1v) is 7.59. The van der Waals surface area contributed by atoms with Gasteiger partial charge in [-0.15, -0.1) is 0 Å². The normalized spacial score (nSPS) is 13.7. The number of benzene rings is 1. The zero-order chi connectivity index (χ0) is 15.1. The summed E-state index contributed by atoms with van der Waals surface area (Å²) < 4.78 is 13.2. The van der Waals surface area contributed by atoms with Gasteiger partial charge >= 0.3 is 0 Å². The lowest BCUT2D eigenvalue weighted by Crippen LogP contribution is -2.15. The van der Waals surface area contributed by atoms with Gasteiger partial charge in [-0.1, -0.05) is 6.92 Å². The van der Waals surface area contributed by atoms with E-state index in [9.17, 15) is 0 Å². The van der Waals surface area contributed by atoms with E-state index in [4.69, 9.17) is 14.5 Å². The Morgan fingerprint density at radius 1 is 1.23 bits per heavy atom. The Balaban J connectivity index is 1.79. The highest BCUT2D eigenvalue weighted by atomic mass is 16.6. The third-order valence-corrected chi connectivity index (χ3v) is 3.81. The van der Waals surface area contributed by atoms with Crippen LogP contribution >= 0.6 is 0 Å². The molecular formula is C16H18N4O2. The molecule has 0 spiro atoms. The summed E-state index contributed by atoms with van der Waals surface area (Å²) in [4.78, 5) is 8.09. The lowest BCUT2D eigenvalue weighted by atomic mass is 10.2. The standard InChI is InChI=1S/C16H18N4O2/c1-3-6-20-16-14(10(2)19-20)17-15(18-16)11-4-5-12-13(9-11)22-8-7-21-12/h4-5,9H,3,6-8H2,1-2H3,(H,17,18). The topological polar surface area (TPSA) is 65.0 Å². The molecule has 0 aliphatic carbocycles. The third kappa shape index (κ3) is 2.03. The molecule has 3 heterocycles. The van der Waals surface area contributed by atoms with Crippen molar-refractivity contribution in [1.82, 2.24) is 19.7 Å². The SMILES string of the molecule is CCCn1nc(C)c2[nH]c(-c3ccc4c(c3)OCCO4)nc21. The fourth-order valence-corrected chi connectivity index (χ4v) is 2.78. The monoisotopic (exact) mass is 298 g/mol. The predicted octanol–water partition coefficient (Wildman–Crippen LogP) is 2.92. The van der Waals surface area contributed by atoms with E-state index in [1.807, 2.05) is 29.8 Å². The van der Waals surface area contributed by atoms with Crippen molar-refractivity contribution in [1.29, 1.82) is 0 Å². The molecule has 0 saturated heterocycles. The highest BCUT2D eigenvalue weighted by molar-refractivity contribution is 5.79. The molecule has 4 rings (SSSR count). The summed E-state index contributed by atoms with van der Waals surface area (Å²) in [6, 6.07) is 5.90. The summed E-state index contributed by atoms with van der Waals surface area (Å²) >= 11 is 0. The second-order valence-electron chi connectivity index (χ2n) is 5.45. The van der Waals surface area contributed by atoms with Gasteiger partial charge in [0.2, 0.25) is 0 Å². The fourth-order valence-electron chi connectivity index (χ4n) is 2.78. The first-order valence-electron chi connectivity index (χ1n) is 7.59. The Morgan fingerprint density at radius 2 is 2.05 bits per heavy atom. The summed E-state index contributed by atoms with van der Waals surface area (Å²) in [6.45, 7) is 6.19. The number of hydrogen-bond donors (Lipinski definition) is 1. The van der Waals surface area contributed by atoms with Gasteiger partial charge in [0.25, 0.3) is 0 Å². The van der Waals surface area contributed by atoms with Crippen molar-refractivity contribution < 1.29 is 9.47 Å². The number of nitrogens with zero attached hydrogens (tertiary/aromatic N) is 3. The van der Waals surface area contributed by atoms with Gasteiger partial charge < -0.3 is 14.5 Å². The number of H-pyrrole nitrogens is 1. The van der Waals surface area contributed by atoms with Crippen LogP contribution in [0.5, 0.6) is 11.5 Å². The molecular weight excluding hydrogens is 280 g/mol. The third-order valence-electron chi connectivity index (χ3n) is 3.81. The fraction of sp³-hybridized carbons (Fsp3) is 0.375. The minimum absolute atomic E-state index is 0.584. The maximum atomic E-state index is 5.64. The number of aryl methyl sites for hydroxylation is 2. The number of hydrogen-bond acceptors (Lipinski definition) is 4. The van der Waals surface area contributed by atoms with Crippen molar-refractivity contribution in [2.45, 2.75) is 26.8 Å². The van der Waals surface area contributed by atoms with E-state index in [2.05, 4.69) is 17.0 Å². The average Bonchev–Trinajstić information content (AvgIpc) is 3.09. The highest BCUT2D eigenvalue weighted by Crippen LogP contribution is 2.34. The van der Waals surface area contributed by atoms with Crippen LogP contribution < -0.4 is 9.47 Å². The molecule has 0 amide bonds. The Bertz CT molecular complexity index is 834. The van der Waals surface area contributed by atoms with Crippen molar-refractivity contribution in [3.63, 3.8) is 0 Å². The summed E-state index contributed by atoms with van der Waals surface area (Å²) in [6.07, 6.45) is 1.03. The molecule has 0 bridgehead atoms. The Kier molecular flexibility index (Phi) is 3.03. The van der Waals surface area contributed by atoms with Crippen LogP contribution in [0.1, 0.15) is 19.0 Å². The maximum Gasteiger partial charge on any atom is 0.177 e. The Morgan fingerprint density at radius 3 is 2.86 bits per heavy atom. The van der Waals surface area contributed by atoms with Crippen LogP contribution in [0.2, 0.25) is 0 Å². The Hall–Kier alpha value is -2.50. The summed E-state index contributed by atoms with van der Waals surface area (Å²) in [7, 11) is 0. The molecule has 1 N–H and O–H groups in total. The quantitative estimate of drug-likeness (QED) is 0.807. The van der Waals surface area contributed by atoms with Gasteiger partial charge in [0.05, 0.1) is 5.69 Å². The number of imidazole rings is 1. The van der Waals surface area contributed by atoms with Gasteiger partial charge in [0.1, 0.15) is 24.6 Å². The van der Waals surface area contributed by atoms with Crippen molar-refractivity contribution >= 4 is 11.2 Å². The molecule has 6 heteroatoms. The molecule has 2 aromatic heterocycles. The van der Waals surface area contributed by atoms with Gasteiger partial charge in [-0.2, -0.15) is 5.10 Å². The minimum atomic E-state index is 0.584. The van der Waals surface area contributed by atoms with Crippen molar-refractivity contribution in [2.24, 2.45) is 0 Å². The van der Waals surface area contributed by atoms with Crippen molar-refractivity contribution in [2.75, 3.05) is 13.2 Å².